The number of rotatable bonds is 7. The monoisotopic (exact) mass is 322 g/mol. The fourth-order valence-electron chi connectivity index (χ4n) is 2.28. The Morgan fingerprint density at radius 1 is 1.21 bits per heavy atom. The number of hydrogen-bond acceptors (Lipinski definition) is 2. The Morgan fingerprint density at radius 2 is 2.00 bits per heavy atom. The fraction of sp³-hybridized carbons (Fsp3) is 0.250. The Hall–Kier alpha value is -2.75. The van der Waals surface area contributed by atoms with Crippen LogP contribution in [0.1, 0.15) is 42.1 Å². The number of aryl methyl sites for hydroxylation is 1. The second-order valence-electron chi connectivity index (χ2n) is 5.69. The fourth-order valence-corrected chi connectivity index (χ4v) is 2.28. The lowest BCUT2D eigenvalue weighted by Gasteiger charge is -2.02. The summed E-state index contributed by atoms with van der Waals surface area (Å²) in [6.07, 6.45) is 10.6. The van der Waals surface area contributed by atoms with Gasteiger partial charge in [0.1, 0.15) is 12.6 Å². The third kappa shape index (κ3) is 5.80. The van der Waals surface area contributed by atoms with Crippen molar-refractivity contribution in [1.82, 2.24) is 5.43 Å². The molecule has 1 aromatic heterocycles. The highest BCUT2D eigenvalue weighted by atomic mass is 16.2. The number of hydrogen-bond donors (Lipinski definition) is 1. The maximum atomic E-state index is 12.1. The van der Waals surface area contributed by atoms with Crippen LogP contribution < -0.4 is 9.99 Å². The number of carbonyl (C=O) groups excluding carboxylic acids is 1. The van der Waals surface area contributed by atoms with Gasteiger partial charge in [0.2, 0.25) is 0 Å². The standard InChI is InChI=1S/C20H23N3O/c1-3-4-9-18(14-17-10-6-5-7-11-17)15-21-22-20(24)19-12-8-13-23(2)16-19/h5-8,10-16H,3-4,9H2,1-2H3/p+1/b18-14+,21-15-. The van der Waals surface area contributed by atoms with E-state index in [0.29, 0.717) is 5.56 Å². The maximum Gasteiger partial charge on any atom is 0.277 e. The average Bonchev–Trinajstić information content (AvgIpc) is 2.60. The van der Waals surface area contributed by atoms with Crippen LogP contribution in [0.2, 0.25) is 0 Å². The molecule has 1 amide bonds. The van der Waals surface area contributed by atoms with Gasteiger partial charge >= 0.3 is 0 Å². The second-order valence-corrected chi connectivity index (χ2v) is 5.69. The molecule has 4 heteroatoms. The molecule has 4 nitrogen and oxygen atoms in total. The number of benzene rings is 1. The van der Waals surface area contributed by atoms with Crippen molar-refractivity contribution >= 4 is 18.2 Å². The lowest BCUT2D eigenvalue weighted by molar-refractivity contribution is -0.671. The van der Waals surface area contributed by atoms with Crippen molar-refractivity contribution in [3.05, 3.63) is 71.6 Å². The van der Waals surface area contributed by atoms with E-state index < -0.39 is 0 Å². The van der Waals surface area contributed by atoms with Gasteiger partial charge in [-0.15, -0.1) is 0 Å². The zero-order valence-electron chi connectivity index (χ0n) is 14.3. The van der Waals surface area contributed by atoms with Crippen LogP contribution in [0.4, 0.5) is 0 Å². The molecule has 2 aromatic rings. The maximum absolute atomic E-state index is 12.1. The lowest BCUT2D eigenvalue weighted by Crippen LogP contribution is -2.29. The number of aromatic nitrogens is 1. The van der Waals surface area contributed by atoms with Crippen molar-refractivity contribution in [3.63, 3.8) is 0 Å². The van der Waals surface area contributed by atoms with E-state index in [4.69, 9.17) is 0 Å². The Morgan fingerprint density at radius 3 is 2.71 bits per heavy atom. The SMILES string of the molecule is CCCCC(/C=N\NC(=O)c1ccc[n+](C)c1)=C\c1ccccc1. The minimum Gasteiger partial charge on any atom is -0.267 e. The topological polar surface area (TPSA) is 45.3 Å². The Bertz CT molecular complexity index is 721. The van der Waals surface area contributed by atoms with Crippen LogP contribution in [0.25, 0.3) is 6.08 Å². The van der Waals surface area contributed by atoms with Crippen LogP contribution in [0.15, 0.2) is 65.5 Å². The highest BCUT2D eigenvalue weighted by Gasteiger charge is 2.07. The smallest absolute Gasteiger partial charge is 0.267 e. The predicted molar refractivity (Wildman–Crippen MR) is 97.5 cm³/mol. The van der Waals surface area contributed by atoms with Crippen LogP contribution in [0, 0.1) is 0 Å². The van der Waals surface area contributed by atoms with E-state index in [1.807, 2.05) is 42.1 Å². The molecule has 1 aromatic carbocycles. The Kier molecular flexibility index (Phi) is 6.90. The number of carbonyl (C=O) groups is 1. The van der Waals surface area contributed by atoms with Crippen molar-refractivity contribution in [2.75, 3.05) is 0 Å². The normalized spacial score (nSPS) is 11.7. The van der Waals surface area contributed by atoms with E-state index in [1.165, 1.54) is 0 Å². The number of nitrogens with one attached hydrogen (secondary N) is 1. The summed E-state index contributed by atoms with van der Waals surface area (Å²) in [6, 6.07) is 13.7. The molecule has 0 unspecified atom stereocenters. The van der Waals surface area contributed by atoms with Crippen molar-refractivity contribution in [1.29, 1.82) is 0 Å². The molecule has 0 aliphatic rings. The van der Waals surface area contributed by atoms with Gasteiger partial charge in [0, 0.05) is 6.07 Å². The molecule has 0 saturated carbocycles. The summed E-state index contributed by atoms with van der Waals surface area (Å²) in [5, 5.41) is 4.12. The summed E-state index contributed by atoms with van der Waals surface area (Å²) in [6.45, 7) is 2.16. The van der Waals surface area contributed by atoms with Gasteiger partial charge in [-0.2, -0.15) is 5.10 Å². The first kappa shape index (κ1) is 17.6. The Labute approximate surface area is 143 Å². The summed E-state index contributed by atoms with van der Waals surface area (Å²) in [7, 11) is 1.88. The Balaban J connectivity index is 2.04. The number of nitrogens with zero attached hydrogens (tertiary/aromatic N) is 2. The lowest BCUT2D eigenvalue weighted by atomic mass is 10.1. The number of unbranched alkanes of at least 4 members (excludes halogenated alkanes) is 1. The summed E-state index contributed by atoms with van der Waals surface area (Å²) < 4.78 is 1.83. The summed E-state index contributed by atoms with van der Waals surface area (Å²) in [5.74, 6) is -0.211. The molecule has 0 saturated heterocycles. The highest BCUT2D eigenvalue weighted by Crippen LogP contribution is 2.11. The van der Waals surface area contributed by atoms with Gasteiger partial charge in [0.25, 0.3) is 5.91 Å². The van der Waals surface area contributed by atoms with Gasteiger partial charge < -0.3 is 0 Å². The van der Waals surface area contributed by atoms with E-state index >= 15 is 0 Å². The molecule has 0 radical (unpaired) electrons. The van der Waals surface area contributed by atoms with Crippen LogP contribution in [-0.2, 0) is 7.05 Å². The van der Waals surface area contributed by atoms with Gasteiger partial charge in [-0.3, -0.25) is 4.79 Å². The van der Waals surface area contributed by atoms with E-state index in [-0.39, 0.29) is 5.91 Å². The summed E-state index contributed by atoms with van der Waals surface area (Å²) in [4.78, 5) is 12.1. The molecule has 0 bridgehead atoms. The molecule has 24 heavy (non-hydrogen) atoms. The van der Waals surface area contributed by atoms with E-state index in [2.05, 4.69) is 35.7 Å². The predicted octanol–water partition coefficient (Wildman–Crippen LogP) is 3.50. The summed E-state index contributed by atoms with van der Waals surface area (Å²) in [5.41, 5.74) is 5.41. The third-order valence-electron chi connectivity index (χ3n) is 3.57. The zero-order valence-corrected chi connectivity index (χ0v) is 14.3. The molecule has 0 spiro atoms. The van der Waals surface area contributed by atoms with Crippen LogP contribution >= 0.6 is 0 Å². The molecular formula is C20H24N3O+. The third-order valence-corrected chi connectivity index (χ3v) is 3.57. The van der Waals surface area contributed by atoms with Gasteiger partial charge in [0.15, 0.2) is 12.4 Å². The molecule has 1 N–H and O–H groups in total. The van der Waals surface area contributed by atoms with Crippen molar-refractivity contribution in [2.24, 2.45) is 12.1 Å². The van der Waals surface area contributed by atoms with Gasteiger partial charge in [0.05, 0.1) is 6.21 Å². The van der Waals surface area contributed by atoms with Crippen molar-refractivity contribution in [3.8, 4) is 0 Å². The number of allylic oxidation sites excluding steroid dienone is 1. The average molecular weight is 322 g/mol. The van der Waals surface area contributed by atoms with Crippen LogP contribution in [0.5, 0.6) is 0 Å². The number of hydrazone groups is 1. The van der Waals surface area contributed by atoms with E-state index in [1.54, 1.807) is 18.5 Å². The zero-order chi connectivity index (χ0) is 17.2. The molecule has 0 aliphatic heterocycles. The largest absolute Gasteiger partial charge is 0.277 e. The van der Waals surface area contributed by atoms with Crippen LogP contribution in [0.3, 0.4) is 0 Å². The highest BCUT2D eigenvalue weighted by molar-refractivity contribution is 5.94. The minimum absolute atomic E-state index is 0.211. The van der Waals surface area contributed by atoms with Gasteiger partial charge in [-0.1, -0.05) is 49.8 Å². The molecule has 0 fully saturated rings. The first-order valence-electron chi connectivity index (χ1n) is 8.23. The molecule has 0 aliphatic carbocycles. The van der Waals surface area contributed by atoms with Crippen LogP contribution in [-0.4, -0.2) is 12.1 Å². The molecule has 1 heterocycles. The van der Waals surface area contributed by atoms with Crippen molar-refractivity contribution < 1.29 is 9.36 Å². The molecule has 0 atom stereocenters. The molecule has 124 valence electrons. The summed E-state index contributed by atoms with van der Waals surface area (Å²) >= 11 is 0. The molecular weight excluding hydrogens is 298 g/mol. The van der Waals surface area contributed by atoms with Gasteiger partial charge in [-0.05, 0) is 30.0 Å². The van der Waals surface area contributed by atoms with E-state index in [9.17, 15) is 4.79 Å². The second kappa shape index (κ2) is 9.40. The van der Waals surface area contributed by atoms with Gasteiger partial charge in [-0.25, -0.2) is 9.99 Å². The van der Waals surface area contributed by atoms with Crippen molar-refractivity contribution in [2.45, 2.75) is 26.2 Å². The minimum atomic E-state index is -0.211. The quantitative estimate of drug-likeness (QED) is 0.473. The van der Waals surface area contributed by atoms with E-state index in [0.717, 1.165) is 30.4 Å². The molecule has 2 rings (SSSR count). The first-order valence-corrected chi connectivity index (χ1v) is 8.23. The number of amides is 1. The first-order chi connectivity index (χ1) is 11.7. The number of pyridine rings is 1.